The van der Waals surface area contributed by atoms with Crippen LogP contribution in [0.4, 0.5) is 0 Å². The third-order valence-corrected chi connectivity index (χ3v) is 7.66. The molecule has 1 aliphatic heterocycles. The molecule has 1 aromatic heterocycles. The molecule has 0 bridgehead atoms. The summed E-state index contributed by atoms with van der Waals surface area (Å²) in [5.74, 6) is -0.320. The molecular weight excluding hydrogens is 452 g/mol. The van der Waals surface area contributed by atoms with Crippen LogP contribution in [0.2, 0.25) is 5.02 Å². The van der Waals surface area contributed by atoms with Crippen molar-refractivity contribution < 1.29 is 13.2 Å². The molecule has 0 aliphatic carbocycles. The highest BCUT2D eigenvalue weighted by Gasteiger charge is 2.31. The molecule has 2 heterocycles. The van der Waals surface area contributed by atoms with E-state index in [-0.39, 0.29) is 54.3 Å². The van der Waals surface area contributed by atoms with E-state index in [2.05, 4.69) is 5.10 Å². The van der Waals surface area contributed by atoms with Crippen LogP contribution in [-0.2, 0) is 10.0 Å². The number of hydrogen-bond donors (Lipinski definition) is 0. The first-order valence-electron chi connectivity index (χ1n) is 10.3. The van der Waals surface area contributed by atoms with Crippen molar-refractivity contribution in [3.63, 3.8) is 0 Å². The summed E-state index contributed by atoms with van der Waals surface area (Å²) in [5.41, 5.74) is -0.0473. The predicted molar refractivity (Wildman–Crippen MR) is 123 cm³/mol. The first-order chi connectivity index (χ1) is 15.2. The van der Waals surface area contributed by atoms with Crippen LogP contribution in [0.15, 0.2) is 58.2 Å². The van der Waals surface area contributed by atoms with E-state index in [4.69, 9.17) is 11.6 Å². The van der Waals surface area contributed by atoms with Gasteiger partial charge in [0, 0.05) is 36.6 Å². The molecule has 1 fully saturated rings. The monoisotopic (exact) mass is 474 g/mol. The average molecular weight is 475 g/mol. The number of hydrogen-bond acceptors (Lipinski definition) is 5. The Bertz CT molecular complexity index is 1330. The Morgan fingerprint density at radius 1 is 0.969 bits per heavy atom. The minimum absolute atomic E-state index is 0.165. The maximum atomic E-state index is 13.3. The number of aromatic nitrogens is 2. The van der Waals surface area contributed by atoms with Crippen molar-refractivity contribution in [2.45, 2.75) is 24.8 Å². The van der Waals surface area contributed by atoms with Gasteiger partial charge in [0.15, 0.2) is 5.69 Å². The fraction of sp³-hybridized carbons (Fsp3) is 0.318. The SMILES string of the molecule is CC(C)n1nc(C(=O)N2CCN(S(=O)(=O)c3ccc(Cl)cc3)CC2)c2ccccc2c1=O. The minimum Gasteiger partial charge on any atom is -0.335 e. The lowest BCUT2D eigenvalue weighted by atomic mass is 10.1. The summed E-state index contributed by atoms with van der Waals surface area (Å²) in [6.45, 7) is 4.44. The molecule has 168 valence electrons. The van der Waals surface area contributed by atoms with E-state index in [0.717, 1.165) is 0 Å². The molecule has 0 unspecified atom stereocenters. The van der Waals surface area contributed by atoms with Gasteiger partial charge < -0.3 is 4.90 Å². The van der Waals surface area contributed by atoms with Gasteiger partial charge in [-0.05, 0) is 44.2 Å². The zero-order valence-corrected chi connectivity index (χ0v) is 19.3. The number of nitrogens with zero attached hydrogens (tertiary/aromatic N) is 4. The lowest BCUT2D eigenvalue weighted by Gasteiger charge is -2.34. The third-order valence-electron chi connectivity index (χ3n) is 5.50. The second-order valence-corrected chi connectivity index (χ2v) is 10.3. The molecule has 3 aromatic rings. The molecule has 1 amide bonds. The second kappa shape index (κ2) is 8.65. The summed E-state index contributed by atoms with van der Waals surface area (Å²) in [4.78, 5) is 27.8. The van der Waals surface area contributed by atoms with Gasteiger partial charge in [-0.25, -0.2) is 13.1 Å². The van der Waals surface area contributed by atoms with Crippen molar-refractivity contribution in [2.24, 2.45) is 0 Å². The number of rotatable bonds is 4. The van der Waals surface area contributed by atoms with E-state index in [0.29, 0.717) is 15.8 Å². The number of amides is 1. The van der Waals surface area contributed by atoms with Crippen molar-refractivity contribution in [2.75, 3.05) is 26.2 Å². The number of sulfonamides is 1. The van der Waals surface area contributed by atoms with Gasteiger partial charge in [-0.1, -0.05) is 29.8 Å². The number of carbonyl (C=O) groups is 1. The van der Waals surface area contributed by atoms with E-state index >= 15 is 0 Å². The molecule has 2 aromatic carbocycles. The number of halogens is 1. The highest BCUT2D eigenvalue weighted by atomic mass is 35.5. The Morgan fingerprint density at radius 2 is 1.56 bits per heavy atom. The Kier molecular flexibility index (Phi) is 6.07. The van der Waals surface area contributed by atoms with Gasteiger partial charge in [0.1, 0.15) is 0 Å². The van der Waals surface area contributed by atoms with Crippen LogP contribution in [0.1, 0.15) is 30.4 Å². The summed E-state index contributed by atoms with van der Waals surface area (Å²) in [6.07, 6.45) is 0. The standard InChI is InChI=1S/C22H23ClN4O4S/c1-15(2)27-21(28)19-6-4-3-5-18(19)20(24-27)22(29)25-11-13-26(14-12-25)32(30,31)17-9-7-16(23)8-10-17/h3-10,15H,11-14H2,1-2H3. The van der Waals surface area contributed by atoms with Crippen LogP contribution in [0, 0.1) is 0 Å². The van der Waals surface area contributed by atoms with Crippen LogP contribution < -0.4 is 5.56 Å². The molecule has 1 saturated heterocycles. The molecule has 32 heavy (non-hydrogen) atoms. The number of fused-ring (bicyclic) bond motifs is 1. The molecule has 0 radical (unpaired) electrons. The summed E-state index contributed by atoms with van der Waals surface area (Å²) in [5, 5.41) is 5.76. The van der Waals surface area contributed by atoms with Gasteiger partial charge in [-0.3, -0.25) is 9.59 Å². The summed E-state index contributed by atoms with van der Waals surface area (Å²) >= 11 is 5.86. The van der Waals surface area contributed by atoms with Crippen molar-refractivity contribution in [3.8, 4) is 0 Å². The van der Waals surface area contributed by atoms with Crippen molar-refractivity contribution in [1.29, 1.82) is 0 Å². The summed E-state index contributed by atoms with van der Waals surface area (Å²) < 4.78 is 28.5. The van der Waals surface area contributed by atoms with Crippen molar-refractivity contribution in [1.82, 2.24) is 19.0 Å². The maximum Gasteiger partial charge on any atom is 0.275 e. The van der Waals surface area contributed by atoms with Gasteiger partial charge in [0.2, 0.25) is 10.0 Å². The molecule has 0 N–H and O–H groups in total. The Morgan fingerprint density at radius 3 is 2.16 bits per heavy atom. The van der Waals surface area contributed by atoms with Gasteiger partial charge in [0.25, 0.3) is 11.5 Å². The largest absolute Gasteiger partial charge is 0.335 e. The van der Waals surface area contributed by atoms with E-state index in [1.54, 1.807) is 29.2 Å². The van der Waals surface area contributed by atoms with Crippen LogP contribution in [0.5, 0.6) is 0 Å². The highest BCUT2D eigenvalue weighted by Crippen LogP contribution is 2.22. The van der Waals surface area contributed by atoms with Gasteiger partial charge in [-0.2, -0.15) is 9.40 Å². The zero-order chi connectivity index (χ0) is 23.0. The molecule has 4 rings (SSSR count). The third kappa shape index (κ3) is 4.03. The Hall–Kier alpha value is -2.75. The van der Waals surface area contributed by atoms with Crippen LogP contribution >= 0.6 is 11.6 Å². The molecule has 0 atom stereocenters. The highest BCUT2D eigenvalue weighted by molar-refractivity contribution is 7.89. The zero-order valence-electron chi connectivity index (χ0n) is 17.7. The molecule has 1 aliphatic rings. The average Bonchev–Trinajstić information content (AvgIpc) is 2.79. The quantitative estimate of drug-likeness (QED) is 0.579. The minimum atomic E-state index is -3.68. The van der Waals surface area contributed by atoms with Crippen LogP contribution in [0.3, 0.4) is 0 Å². The topological polar surface area (TPSA) is 92.6 Å². The van der Waals surface area contributed by atoms with E-state index in [1.807, 2.05) is 13.8 Å². The molecule has 10 heteroatoms. The maximum absolute atomic E-state index is 13.3. The Balaban J connectivity index is 1.59. The normalized spacial score (nSPS) is 15.4. The molecule has 0 saturated carbocycles. The number of carbonyl (C=O) groups excluding carboxylic acids is 1. The predicted octanol–water partition coefficient (Wildman–Crippen LogP) is 2.78. The van der Waals surface area contributed by atoms with Crippen LogP contribution in [0.25, 0.3) is 10.8 Å². The smallest absolute Gasteiger partial charge is 0.275 e. The first-order valence-corrected chi connectivity index (χ1v) is 12.1. The number of benzene rings is 2. The second-order valence-electron chi connectivity index (χ2n) is 7.89. The Labute approximate surface area is 191 Å². The fourth-order valence-corrected chi connectivity index (χ4v) is 5.30. The molecule has 8 nitrogen and oxygen atoms in total. The van der Waals surface area contributed by atoms with Gasteiger partial charge in [0.05, 0.1) is 16.3 Å². The van der Waals surface area contributed by atoms with Crippen molar-refractivity contribution >= 4 is 38.3 Å². The van der Waals surface area contributed by atoms with E-state index in [1.165, 1.54) is 33.3 Å². The summed E-state index contributed by atoms with van der Waals surface area (Å²) in [6, 6.07) is 12.7. The fourth-order valence-electron chi connectivity index (χ4n) is 3.75. The lowest BCUT2D eigenvalue weighted by molar-refractivity contribution is 0.0691. The van der Waals surface area contributed by atoms with E-state index in [9.17, 15) is 18.0 Å². The lowest BCUT2D eigenvalue weighted by Crippen LogP contribution is -2.50. The van der Waals surface area contributed by atoms with Crippen LogP contribution in [-0.4, -0.2) is 59.5 Å². The van der Waals surface area contributed by atoms with Gasteiger partial charge in [-0.15, -0.1) is 0 Å². The van der Waals surface area contributed by atoms with Crippen molar-refractivity contribution in [3.05, 3.63) is 69.6 Å². The van der Waals surface area contributed by atoms with E-state index < -0.39 is 10.0 Å². The van der Waals surface area contributed by atoms with Gasteiger partial charge >= 0.3 is 0 Å². The molecule has 0 spiro atoms. The first kappa shape index (κ1) is 22.4. The summed E-state index contributed by atoms with van der Waals surface area (Å²) in [7, 11) is -3.68. The number of piperazine rings is 1. The molecular formula is C22H23ClN4O4S.